The van der Waals surface area contributed by atoms with Gasteiger partial charge in [-0.3, -0.25) is 0 Å². The summed E-state index contributed by atoms with van der Waals surface area (Å²) in [6.45, 7) is 4.31. The molecule has 4 heteroatoms. The molecule has 0 aliphatic rings. The summed E-state index contributed by atoms with van der Waals surface area (Å²) in [6.07, 6.45) is 3.15. The number of esters is 1. The smallest absolute Gasteiger partial charge is 0.330 e. The van der Waals surface area contributed by atoms with E-state index < -0.39 is 0 Å². The van der Waals surface area contributed by atoms with Crippen molar-refractivity contribution in [3.05, 3.63) is 12.2 Å². The van der Waals surface area contributed by atoms with Crippen molar-refractivity contribution in [1.29, 1.82) is 0 Å². The van der Waals surface area contributed by atoms with E-state index in [4.69, 9.17) is 9.47 Å². The van der Waals surface area contributed by atoms with Crippen molar-refractivity contribution in [3.63, 3.8) is 0 Å². The third kappa shape index (κ3) is 9.04. The monoisotopic (exact) mass is 187 g/mol. The maximum absolute atomic E-state index is 10.8. The van der Waals surface area contributed by atoms with Crippen LogP contribution in [0.2, 0.25) is 0 Å². The summed E-state index contributed by atoms with van der Waals surface area (Å²) < 4.78 is 9.52. The minimum Gasteiger partial charge on any atom is -0.463 e. The van der Waals surface area contributed by atoms with E-state index in [1.807, 2.05) is 0 Å². The quantitative estimate of drug-likeness (QED) is 0.355. The van der Waals surface area contributed by atoms with Gasteiger partial charge < -0.3 is 14.8 Å². The first kappa shape index (κ1) is 12.1. The molecule has 0 rings (SSSR count). The molecule has 0 aromatic carbocycles. The number of hydrogen-bond acceptors (Lipinski definition) is 4. The van der Waals surface area contributed by atoms with Crippen molar-refractivity contribution in [2.75, 3.05) is 33.4 Å². The summed E-state index contributed by atoms with van der Waals surface area (Å²) in [6, 6.07) is 0. The van der Waals surface area contributed by atoms with Crippen molar-refractivity contribution in [2.24, 2.45) is 0 Å². The van der Waals surface area contributed by atoms with E-state index in [1.54, 1.807) is 20.1 Å². The fraction of sp³-hybridized carbons (Fsp3) is 0.667. The Balaban J connectivity index is 3.25. The van der Waals surface area contributed by atoms with Crippen LogP contribution in [0.25, 0.3) is 0 Å². The highest BCUT2D eigenvalue weighted by Gasteiger charge is 1.91. The summed E-state index contributed by atoms with van der Waals surface area (Å²) in [5, 5.41) is 3.06. The average molecular weight is 187 g/mol. The molecule has 0 aromatic rings. The lowest BCUT2D eigenvalue weighted by atomic mass is 10.5. The molecule has 0 heterocycles. The molecule has 0 unspecified atom stereocenters. The molecule has 0 bridgehead atoms. The summed E-state index contributed by atoms with van der Waals surface area (Å²) in [5.41, 5.74) is 0. The topological polar surface area (TPSA) is 47.6 Å². The third-order valence-corrected chi connectivity index (χ3v) is 1.29. The van der Waals surface area contributed by atoms with Gasteiger partial charge in [-0.15, -0.1) is 0 Å². The van der Waals surface area contributed by atoms with Crippen molar-refractivity contribution >= 4 is 5.97 Å². The number of nitrogens with one attached hydrogen (secondary N) is 1. The first-order valence-corrected chi connectivity index (χ1v) is 4.34. The van der Waals surface area contributed by atoms with Crippen LogP contribution >= 0.6 is 0 Å². The molecule has 0 saturated carbocycles. The highest BCUT2D eigenvalue weighted by molar-refractivity contribution is 5.81. The largest absolute Gasteiger partial charge is 0.463 e. The standard InChI is InChI=1S/C9H17NO3/c1-3-13-9(11)5-4-6-10-7-8-12-2/h4-5,10H,3,6-8H2,1-2H3/b5-4+. The summed E-state index contributed by atoms with van der Waals surface area (Å²) >= 11 is 0. The SMILES string of the molecule is CCOC(=O)/C=C/CNCCOC. The molecular weight excluding hydrogens is 170 g/mol. The van der Waals surface area contributed by atoms with Crippen molar-refractivity contribution in [2.45, 2.75) is 6.92 Å². The van der Waals surface area contributed by atoms with Crippen LogP contribution in [0.4, 0.5) is 0 Å². The Kier molecular flexibility index (Phi) is 8.60. The van der Waals surface area contributed by atoms with E-state index in [-0.39, 0.29) is 5.97 Å². The lowest BCUT2D eigenvalue weighted by Crippen LogP contribution is -2.19. The minimum atomic E-state index is -0.295. The molecule has 0 radical (unpaired) electrons. The normalized spacial score (nSPS) is 10.6. The lowest BCUT2D eigenvalue weighted by Gasteiger charge is -1.99. The Morgan fingerprint density at radius 3 is 2.92 bits per heavy atom. The molecular formula is C9H17NO3. The predicted molar refractivity (Wildman–Crippen MR) is 50.5 cm³/mol. The van der Waals surface area contributed by atoms with Crippen LogP contribution in [0.1, 0.15) is 6.92 Å². The summed E-state index contributed by atoms with van der Waals surface area (Å²) in [5.74, 6) is -0.295. The average Bonchev–Trinajstić information content (AvgIpc) is 2.11. The van der Waals surface area contributed by atoms with E-state index >= 15 is 0 Å². The Hall–Kier alpha value is -0.870. The minimum absolute atomic E-state index is 0.295. The van der Waals surface area contributed by atoms with Crippen LogP contribution in [0.3, 0.4) is 0 Å². The number of hydrogen-bond donors (Lipinski definition) is 1. The van der Waals surface area contributed by atoms with Gasteiger partial charge in [-0.1, -0.05) is 6.08 Å². The number of carbonyl (C=O) groups excluding carboxylic acids is 1. The maximum atomic E-state index is 10.8. The van der Waals surface area contributed by atoms with E-state index in [2.05, 4.69) is 5.32 Å². The number of ether oxygens (including phenoxy) is 2. The molecule has 4 nitrogen and oxygen atoms in total. The third-order valence-electron chi connectivity index (χ3n) is 1.29. The molecule has 0 amide bonds. The van der Waals surface area contributed by atoms with Crippen molar-refractivity contribution in [1.82, 2.24) is 5.32 Å². The Labute approximate surface area is 78.9 Å². The molecule has 0 aliphatic carbocycles. The van der Waals surface area contributed by atoms with Gasteiger partial charge in [-0.2, -0.15) is 0 Å². The second-order valence-electron chi connectivity index (χ2n) is 2.35. The lowest BCUT2D eigenvalue weighted by molar-refractivity contribution is -0.137. The Morgan fingerprint density at radius 2 is 2.31 bits per heavy atom. The zero-order chi connectivity index (χ0) is 9.94. The van der Waals surface area contributed by atoms with Gasteiger partial charge in [0.25, 0.3) is 0 Å². The summed E-state index contributed by atoms with van der Waals surface area (Å²) in [7, 11) is 1.65. The van der Waals surface area contributed by atoms with Gasteiger partial charge in [-0.25, -0.2) is 4.79 Å². The highest BCUT2D eigenvalue weighted by atomic mass is 16.5. The molecule has 0 fully saturated rings. The van der Waals surface area contributed by atoms with Crippen LogP contribution in [0, 0.1) is 0 Å². The molecule has 0 saturated heterocycles. The number of rotatable bonds is 7. The fourth-order valence-electron chi connectivity index (χ4n) is 0.705. The van der Waals surface area contributed by atoms with E-state index in [1.165, 1.54) is 6.08 Å². The fourth-order valence-corrected chi connectivity index (χ4v) is 0.705. The zero-order valence-electron chi connectivity index (χ0n) is 8.21. The van der Waals surface area contributed by atoms with Gasteiger partial charge >= 0.3 is 5.97 Å². The number of carbonyl (C=O) groups is 1. The molecule has 13 heavy (non-hydrogen) atoms. The van der Waals surface area contributed by atoms with E-state index in [0.29, 0.717) is 19.8 Å². The van der Waals surface area contributed by atoms with Crippen LogP contribution in [0.5, 0.6) is 0 Å². The van der Waals surface area contributed by atoms with Gasteiger partial charge in [0.2, 0.25) is 0 Å². The van der Waals surface area contributed by atoms with Crippen LogP contribution in [-0.2, 0) is 14.3 Å². The molecule has 0 aromatic heterocycles. The Morgan fingerprint density at radius 1 is 1.54 bits per heavy atom. The first-order valence-electron chi connectivity index (χ1n) is 4.34. The second-order valence-corrected chi connectivity index (χ2v) is 2.35. The predicted octanol–water partition coefficient (Wildman–Crippen LogP) is 0.342. The summed E-state index contributed by atoms with van der Waals surface area (Å²) in [4.78, 5) is 10.8. The van der Waals surface area contributed by atoms with Gasteiger partial charge in [0.15, 0.2) is 0 Å². The molecule has 76 valence electrons. The Bertz CT molecular complexity index is 157. The van der Waals surface area contributed by atoms with Gasteiger partial charge in [0, 0.05) is 26.3 Å². The molecule has 0 aliphatic heterocycles. The van der Waals surface area contributed by atoms with Gasteiger partial charge in [0.05, 0.1) is 13.2 Å². The second kappa shape index (κ2) is 9.22. The van der Waals surface area contributed by atoms with Crippen molar-refractivity contribution < 1.29 is 14.3 Å². The molecule has 0 spiro atoms. The van der Waals surface area contributed by atoms with Crippen LogP contribution in [-0.4, -0.2) is 39.4 Å². The van der Waals surface area contributed by atoms with E-state index in [0.717, 1.165) is 6.54 Å². The molecule has 0 atom stereocenters. The van der Waals surface area contributed by atoms with Gasteiger partial charge in [0.1, 0.15) is 0 Å². The van der Waals surface area contributed by atoms with E-state index in [9.17, 15) is 4.79 Å². The highest BCUT2D eigenvalue weighted by Crippen LogP contribution is 1.79. The van der Waals surface area contributed by atoms with Crippen LogP contribution < -0.4 is 5.32 Å². The number of methoxy groups -OCH3 is 1. The van der Waals surface area contributed by atoms with Gasteiger partial charge in [-0.05, 0) is 6.92 Å². The van der Waals surface area contributed by atoms with Crippen LogP contribution in [0.15, 0.2) is 12.2 Å². The zero-order valence-corrected chi connectivity index (χ0v) is 8.21. The molecule has 1 N–H and O–H groups in total. The maximum Gasteiger partial charge on any atom is 0.330 e. The van der Waals surface area contributed by atoms with Crippen molar-refractivity contribution in [3.8, 4) is 0 Å². The first-order chi connectivity index (χ1) is 6.31.